The fourth-order valence-corrected chi connectivity index (χ4v) is 3.54. The summed E-state index contributed by atoms with van der Waals surface area (Å²) in [7, 11) is 3.99. The van der Waals surface area contributed by atoms with Crippen LogP contribution in [0.4, 0.5) is 0 Å². The van der Waals surface area contributed by atoms with Gasteiger partial charge in [-0.15, -0.1) is 0 Å². The molecule has 0 aliphatic heterocycles. The van der Waals surface area contributed by atoms with Crippen molar-refractivity contribution in [3.63, 3.8) is 0 Å². The second-order valence-electron chi connectivity index (χ2n) is 3.79. The van der Waals surface area contributed by atoms with Crippen molar-refractivity contribution < 1.29 is 0 Å². The fourth-order valence-electron chi connectivity index (χ4n) is 1.60. The van der Waals surface area contributed by atoms with Gasteiger partial charge in [0, 0.05) is 32.2 Å². The molecule has 0 aliphatic rings. The van der Waals surface area contributed by atoms with Gasteiger partial charge in [-0.3, -0.25) is 4.68 Å². The maximum absolute atomic E-state index is 4.48. The molecular formula is C11H15BrN4S. The van der Waals surface area contributed by atoms with Crippen LogP contribution < -0.4 is 0 Å². The monoisotopic (exact) mass is 314 g/mol. The lowest BCUT2D eigenvalue weighted by atomic mass is 10.3. The third-order valence-electron chi connectivity index (χ3n) is 2.62. The van der Waals surface area contributed by atoms with Gasteiger partial charge in [0.2, 0.25) is 0 Å². The first-order valence-corrected chi connectivity index (χ1v) is 7.21. The molecule has 4 nitrogen and oxygen atoms in total. The smallest absolute Gasteiger partial charge is 0.168 e. The molecule has 0 N–H and O–H groups in total. The van der Waals surface area contributed by atoms with Gasteiger partial charge >= 0.3 is 0 Å². The lowest BCUT2D eigenvalue weighted by Gasteiger charge is -2.03. The molecule has 0 unspecified atom stereocenters. The number of halogens is 1. The van der Waals surface area contributed by atoms with Gasteiger partial charge in [0.25, 0.3) is 0 Å². The van der Waals surface area contributed by atoms with Crippen LogP contribution in [0.25, 0.3) is 0 Å². The van der Waals surface area contributed by atoms with Gasteiger partial charge in [0.1, 0.15) is 0 Å². The molecule has 17 heavy (non-hydrogen) atoms. The first-order valence-electron chi connectivity index (χ1n) is 5.43. The lowest BCUT2D eigenvalue weighted by Crippen LogP contribution is -1.98. The molecule has 0 saturated heterocycles. The number of nitrogens with zero attached hydrogens (tertiary/aromatic N) is 4. The minimum atomic E-state index is 0.870. The number of aromatic nitrogens is 4. The SMILES string of the molecule is CCc1nn(C)c(CSc2nccn2C)c1Br. The van der Waals surface area contributed by atoms with E-state index in [2.05, 4.69) is 32.9 Å². The number of aryl methyl sites for hydroxylation is 3. The molecule has 0 atom stereocenters. The zero-order valence-electron chi connectivity index (χ0n) is 10.1. The van der Waals surface area contributed by atoms with Crippen LogP contribution in [-0.4, -0.2) is 19.3 Å². The van der Waals surface area contributed by atoms with Crippen molar-refractivity contribution in [3.05, 3.63) is 28.3 Å². The van der Waals surface area contributed by atoms with E-state index in [1.165, 1.54) is 5.69 Å². The van der Waals surface area contributed by atoms with Crippen molar-refractivity contribution in [2.45, 2.75) is 24.3 Å². The van der Waals surface area contributed by atoms with E-state index in [1.807, 2.05) is 35.7 Å². The second-order valence-corrected chi connectivity index (χ2v) is 5.53. The average molecular weight is 315 g/mol. The van der Waals surface area contributed by atoms with Crippen molar-refractivity contribution in [1.82, 2.24) is 19.3 Å². The highest BCUT2D eigenvalue weighted by molar-refractivity contribution is 9.10. The van der Waals surface area contributed by atoms with Crippen molar-refractivity contribution in [1.29, 1.82) is 0 Å². The average Bonchev–Trinajstić information content (AvgIpc) is 2.82. The highest BCUT2D eigenvalue weighted by Gasteiger charge is 2.13. The molecule has 2 heterocycles. The Kier molecular flexibility index (Phi) is 3.93. The van der Waals surface area contributed by atoms with Crippen molar-refractivity contribution in [3.8, 4) is 0 Å². The number of thioether (sulfide) groups is 1. The Morgan fingerprint density at radius 3 is 2.71 bits per heavy atom. The summed E-state index contributed by atoms with van der Waals surface area (Å²) in [4.78, 5) is 4.30. The Labute approximate surface area is 114 Å². The van der Waals surface area contributed by atoms with Gasteiger partial charge in [-0.05, 0) is 22.4 Å². The molecule has 6 heteroatoms. The summed E-state index contributed by atoms with van der Waals surface area (Å²) < 4.78 is 5.10. The van der Waals surface area contributed by atoms with Crippen molar-refractivity contribution in [2.75, 3.05) is 0 Å². The van der Waals surface area contributed by atoms with Gasteiger partial charge in [-0.2, -0.15) is 5.10 Å². The molecule has 92 valence electrons. The van der Waals surface area contributed by atoms with Crippen LogP contribution in [-0.2, 0) is 26.3 Å². The Hall–Kier alpha value is -0.750. The molecule has 0 aromatic carbocycles. The highest BCUT2D eigenvalue weighted by atomic mass is 79.9. The van der Waals surface area contributed by atoms with E-state index < -0.39 is 0 Å². The second kappa shape index (κ2) is 5.27. The molecule has 0 spiro atoms. The summed E-state index contributed by atoms with van der Waals surface area (Å²) in [6.45, 7) is 2.11. The molecule has 2 aromatic heterocycles. The van der Waals surface area contributed by atoms with E-state index in [-0.39, 0.29) is 0 Å². The van der Waals surface area contributed by atoms with E-state index in [9.17, 15) is 0 Å². The van der Waals surface area contributed by atoms with Crippen molar-refractivity contribution >= 4 is 27.7 Å². The Balaban J connectivity index is 2.14. The topological polar surface area (TPSA) is 35.6 Å². The maximum Gasteiger partial charge on any atom is 0.168 e. The summed E-state index contributed by atoms with van der Waals surface area (Å²) in [5, 5.41) is 5.50. The predicted octanol–water partition coefficient (Wildman–Crippen LogP) is 2.77. The van der Waals surface area contributed by atoms with E-state index >= 15 is 0 Å². The zero-order valence-corrected chi connectivity index (χ0v) is 12.5. The summed E-state index contributed by atoms with van der Waals surface area (Å²) in [6, 6.07) is 0. The third kappa shape index (κ3) is 2.57. The highest BCUT2D eigenvalue weighted by Crippen LogP contribution is 2.27. The Bertz CT molecular complexity index is 518. The molecule has 0 aliphatic carbocycles. The normalized spacial score (nSPS) is 11.1. The van der Waals surface area contributed by atoms with E-state index in [1.54, 1.807) is 11.8 Å². The van der Waals surface area contributed by atoms with Crippen LogP contribution in [0.2, 0.25) is 0 Å². The van der Waals surface area contributed by atoms with E-state index in [0.717, 1.165) is 27.5 Å². The van der Waals surface area contributed by atoms with Gasteiger partial charge in [0.15, 0.2) is 5.16 Å². The molecule has 2 aromatic rings. The van der Waals surface area contributed by atoms with Crippen molar-refractivity contribution in [2.24, 2.45) is 14.1 Å². The molecule has 0 radical (unpaired) electrons. The van der Waals surface area contributed by atoms with Crippen LogP contribution in [0.5, 0.6) is 0 Å². The van der Waals surface area contributed by atoms with Crippen LogP contribution in [0.3, 0.4) is 0 Å². The lowest BCUT2D eigenvalue weighted by molar-refractivity contribution is 0.718. The summed E-state index contributed by atoms with van der Waals surface area (Å²) in [5.74, 6) is 0.870. The maximum atomic E-state index is 4.48. The van der Waals surface area contributed by atoms with Crippen LogP contribution >= 0.6 is 27.7 Å². The predicted molar refractivity (Wildman–Crippen MR) is 73.1 cm³/mol. The van der Waals surface area contributed by atoms with Crippen LogP contribution in [0.15, 0.2) is 22.0 Å². The fraction of sp³-hybridized carbons (Fsp3) is 0.455. The van der Waals surface area contributed by atoms with Gasteiger partial charge in [-0.25, -0.2) is 4.98 Å². The molecule has 2 rings (SSSR count). The number of rotatable bonds is 4. The Morgan fingerprint density at radius 1 is 1.41 bits per heavy atom. The molecular weight excluding hydrogens is 300 g/mol. The van der Waals surface area contributed by atoms with E-state index in [0.29, 0.717) is 0 Å². The van der Waals surface area contributed by atoms with Gasteiger partial charge < -0.3 is 4.57 Å². The molecule has 0 amide bonds. The number of hydrogen-bond donors (Lipinski definition) is 0. The first kappa shape index (κ1) is 12.7. The van der Waals surface area contributed by atoms with E-state index in [4.69, 9.17) is 0 Å². The zero-order chi connectivity index (χ0) is 12.4. The molecule has 0 fully saturated rings. The Morgan fingerprint density at radius 2 is 2.18 bits per heavy atom. The first-order chi connectivity index (χ1) is 8.13. The number of hydrogen-bond acceptors (Lipinski definition) is 3. The van der Waals surface area contributed by atoms with Crippen LogP contribution in [0.1, 0.15) is 18.3 Å². The summed E-state index contributed by atoms with van der Waals surface area (Å²) >= 11 is 5.34. The number of imidazole rings is 1. The standard InChI is InChI=1S/C11H15BrN4S/c1-4-8-10(12)9(16(3)14-8)7-17-11-13-5-6-15(11)2/h5-6H,4,7H2,1-3H3. The molecule has 0 saturated carbocycles. The quantitative estimate of drug-likeness (QED) is 0.814. The largest absolute Gasteiger partial charge is 0.329 e. The summed E-state index contributed by atoms with van der Waals surface area (Å²) in [5.41, 5.74) is 2.32. The third-order valence-corrected chi connectivity index (χ3v) is 4.60. The minimum absolute atomic E-state index is 0.870. The molecule has 0 bridgehead atoms. The van der Waals surface area contributed by atoms with Gasteiger partial charge in [-0.1, -0.05) is 18.7 Å². The van der Waals surface area contributed by atoms with Gasteiger partial charge in [0.05, 0.1) is 15.9 Å². The minimum Gasteiger partial charge on any atom is -0.329 e. The van der Waals surface area contributed by atoms with Crippen LogP contribution in [0, 0.1) is 0 Å². The summed E-state index contributed by atoms with van der Waals surface area (Å²) in [6.07, 6.45) is 4.72.